The number of ether oxygens (including phenoxy) is 2. The third-order valence-corrected chi connectivity index (χ3v) is 9.34. The molecule has 10 heteroatoms. The Hall–Kier alpha value is -3.79. The first-order valence-electron chi connectivity index (χ1n) is 14.3. The second-order valence-electron chi connectivity index (χ2n) is 10.7. The molecule has 6 rings (SSSR count). The van der Waals surface area contributed by atoms with E-state index in [9.17, 15) is 9.59 Å². The highest BCUT2D eigenvalue weighted by atomic mass is 35.5. The molecule has 1 N–H and O–H groups in total. The van der Waals surface area contributed by atoms with Gasteiger partial charge < -0.3 is 14.8 Å². The molecule has 8 nitrogen and oxygen atoms in total. The van der Waals surface area contributed by atoms with Gasteiger partial charge in [-0.15, -0.1) is 11.8 Å². The van der Waals surface area contributed by atoms with Crippen molar-refractivity contribution >= 4 is 41.0 Å². The van der Waals surface area contributed by atoms with Gasteiger partial charge in [-0.3, -0.25) is 14.5 Å². The number of thioether (sulfide) groups is 1. The average Bonchev–Trinajstić information content (AvgIpc) is 3.66. The summed E-state index contributed by atoms with van der Waals surface area (Å²) < 4.78 is 12.9. The van der Waals surface area contributed by atoms with Crippen molar-refractivity contribution in [2.24, 2.45) is 0 Å². The molecule has 0 aliphatic carbocycles. The number of hydrogen-bond donors (Lipinski definition) is 1. The van der Waals surface area contributed by atoms with E-state index in [1.54, 1.807) is 28.5 Å². The van der Waals surface area contributed by atoms with Crippen LogP contribution in [0.4, 0.5) is 5.82 Å². The zero-order valence-corrected chi connectivity index (χ0v) is 25.7. The summed E-state index contributed by atoms with van der Waals surface area (Å²) in [5.41, 5.74) is 5.41. The highest BCUT2D eigenvalue weighted by molar-refractivity contribution is 8.00. The number of benzene rings is 3. The number of methoxy groups -OCH3 is 1. The first-order valence-corrected chi connectivity index (χ1v) is 15.7. The van der Waals surface area contributed by atoms with Crippen LogP contribution in [0.2, 0.25) is 5.02 Å². The summed E-state index contributed by atoms with van der Waals surface area (Å²) in [6.07, 6.45) is 1.90. The second-order valence-corrected chi connectivity index (χ2v) is 12.2. The maximum Gasteiger partial charge on any atom is 0.240 e. The quantitative estimate of drug-likeness (QED) is 0.262. The van der Waals surface area contributed by atoms with Gasteiger partial charge in [-0.1, -0.05) is 48.0 Å². The van der Waals surface area contributed by atoms with Crippen molar-refractivity contribution in [3.63, 3.8) is 0 Å². The lowest BCUT2D eigenvalue weighted by molar-refractivity contribution is -0.123. The van der Waals surface area contributed by atoms with E-state index in [0.29, 0.717) is 29.7 Å². The van der Waals surface area contributed by atoms with Gasteiger partial charge in [-0.25, -0.2) is 4.68 Å². The minimum absolute atomic E-state index is 0.00155. The minimum Gasteiger partial charge on any atom is -0.497 e. The van der Waals surface area contributed by atoms with Crippen LogP contribution in [0.15, 0.2) is 72.8 Å². The molecular weight excluding hydrogens is 584 g/mol. The van der Waals surface area contributed by atoms with Gasteiger partial charge in [-0.05, 0) is 67.3 Å². The Kier molecular flexibility index (Phi) is 8.74. The summed E-state index contributed by atoms with van der Waals surface area (Å²) in [6, 6.07) is 23.3. The van der Waals surface area contributed by atoms with Crippen LogP contribution in [-0.4, -0.2) is 60.3 Å². The average molecular weight is 617 g/mol. The van der Waals surface area contributed by atoms with Crippen molar-refractivity contribution < 1.29 is 19.1 Å². The number of amides is 2. The fourth-order valence-corrected chi connectivity index (χ4v) is 7.02. The number of carbonyl (C=O) groups excluding carboxylic acids is 2. The van der Waals surface area contributed by atoms with Crippen LogP contribution in [0.3, 0.4) is 0 Å². The Balaban J connectivity index is 1.53. The van der Waals surface area contributed by atoms with E-state index in [-0.39, 0.29) is 35.5 Å². The van der Waals surface area contributed by atoms with E-state index in [0.717, 1.165) is 46.5 Å². The van der Waals surface area contributed by atoms with E-state index < -0.39 is 0 Å². The predicted octanol–water partition coefficient (Wildman–Crippen LogP) is 5.97. The number of aryl methyl sites for hydroxylation is 1. The largest absolute Gasteiger partial charge is 0.497 e. The molecule has 4 aromatic rings. The van der Waals surface area contributed by atoms with Gasteiger partial charge in [0.1, 0.15) is 18.1 Å². The molecule has 1 saturated heterocycles. The van der Waals surface area contributed by atoms with Gasteiger partial charge in [0.25, 0.3) is 0 Å². The lowest BCUT2D eigenvalue weighted by Crippen LogP contribution is -2.44. The standard InChI is InChI=1S/C33H33ClN4O4S/c1-21-6-3-4-8-27(21)32-30-31(22-9-11-23(34)12-10-22)36-38(24-13-15-25(41-2)16-14-24)33(30)37(29(40)20-43-32)19-28(39)35-18-26-7-5-17-42-26/h3-4,6,8-16,26,32H,5,7,17-20H2,1-2H3,(H,35,39)/t26-,32-/m1/s1. The highest BCUT2D eigenvalue weighted by Crippen LogP contribution is 2.49. The normalized spacial score (nSPS) is 18.3. The summed E-state index contributed by atoms with van der Waals surface area (Å²) in [5.74, 6) is 1.08. The molecule has 0 unspecified atom stereocenters. The summed E-state index contributed by atoms with van der Waals surface area (Å²) in [7, 11) is 1.62. The maximum absolute atomic E-state index is 13.9. The molecule has 0 bridgehead atoms. The summed E-state index contributed by atoms with van der Waals surface area (Å²) in [6.45, 7) is 3.07. The third-order valence-electron chi connectivity index (χ3n) is 7.85. The second kappa shape index (κ2) is 12.8. The van der Waals surface area contributed by atoms with Gasteiger partial charge >= 0.3 is 0 Å². The van der Waals surface area contributed by atoms with Crippen LogP contribution >= 0.6 is 23.4 Å². The van der Waals surface area contributed by atoms with E-state index >= 15 is 0 Å². The fourth-order valence-electron chi connectivity index (χ4n) is 5.60. The molecule has 2 atom stereocenters. The Labute approximate surface area is 260 Å². The summed E-state index contributed by atoms with van der Waals surface area (Å²) in [5, 5.41) is 8.54. The molecule has 3 heterocycles. The molecule has 0 spiro atoms. The summed E-state index contributed by atoms with van der Waals surface area (Å²) >= 11 is 7.82. The zero-order valence-electron chi connectivity index (χ0n) is 24.1. The number of fused-ring (bicyclic) bond motifs is 1. The number of nitrogens with zero attached hydrogens (tertiary/aromatic N) is 3. The topological polar surface area (TPSA) is 85.7 Å². The molecule has 43 heavy (non-hydrogen) atoms. The van der Waals surface area contributed by atoms with E-state index in [1.807, 2.05) is 60.7 Å². The lowest BCUT2D eigenvalue weighted by atomic mass is 9.96. The Morgan fingerprint density at radius 3 is 2.58 bits per heavy atom. The van der Waals surface area contributed by atoms with Crippen LogP contribution < -0.4 is 15.0 Å². The SMILES string of the molecule is COc1ccc(-n2nc(-c3ccc(Cl)cc3)c3c2N(CC(=O)NC[C@H]2CCCO2)C(=O)CS[C@@H]3c2ccccc2C)cc1. The number of carbonyl (C=O) groups is 2. The Morgan fingerprint density at radius 1 is 1.12 bits per heavy atom. The van der Waals surface area contributed by atoms with Gasteiger partial charge in [0.15, 0.2) is 0 Å². The van der Waals surface area contributed by atoms with E-state index in [2.05, 4.69) is 24.4 Å². The Morgan fingerprint density at radius 2 is 1.88 bits per heavy atom. The molecule has 2 aliphatic heterocycles. The molecule has 2 aliphatic rings. The fraction of sp³-hybridized carbons (Fsp3) is 0.303. The Bertz CT molecular complexity index is 1620. The molecular formula is C33H33ClN4O4S. The van der Waals surface area contributed by atoms with Gasteiger partial charge in [0, 0.05) is 29.3 Å². The van der Waals surface area contributed by atoms with Gasteiger partial charge in [-0.2, -0.15) is 5.10 Å². The molecule has 1 fully saturated rings. The third kappa shape index (κ3) is 6.16. The summed E-state index contributed by atoms with van der Waals surface area (Å²) in [4.78, 5) is 28.9. The first kappa shape index (κ1) is 29.3. The number of rotatable bonds is 8. The van der Waals surface area contributed by atoms with Crippen LogP contribution in [0.5, 0.6) is 5.75 Å². The zero-order chi connectivity index (χ0) is 29.9. The van der Waals surface area contributed by atoms with Crippen molar-refractivity contribution in [2.45, 2.75) is 31.1 Å². The molecule has 0 radical (unpaired) electrons. The number of aromatic nitrogens is 2. The van der Waals surface area contributed by atoms with Crippen molar-refractivity contribution in [2.75, 3.05) is 37.5 Å². The van der Waals surface area contributed by atoms with Crippen LogP contribution in [0, 0.1) is 6.92 Å². The molecule has 2 amide bonds. The molecule has 1 aromatic heterocycles. The van der Waals surface area contributed by atoms with Crippen LogP contribution in [0.25, 0.3) is 16.9 Å². The van der Waals surface area contributed by atoms with Gasteiger partial charge in [0.05, 0.1) is 35.6 Å². The maximum atomic E-state index is 13.9. The molecule has 0 saturated carbocycles. The minimum atomic E-state index is -0.246. The van der Waals surface area contributed by atoms with Crippen molar-refractivity contribution in [3.8, 4) is 22.7 Å². The van der Waals surface area contributed by atoms with Gasteiger partial charge in [0.2, 0.25) is 11.8 Å². The number of halogens is 1. The number of nitrogens with one attached hydrogen (secondary N) is 1. The smallest absolute Gasteiger partial charge is 0.240 e. The molecule has 222 valence electrons. The van der Waals surface area contributed by atoms with Crippen LogP contribution in [0.1, 0.15) is 34.8 Å². The highest BCUT2D eigenvalue weighted by Gasteiger charge is 2.38. The van der Waals surface area contributed by atoms with E-state index in [4.69, 9.17) is 26.2 Å². The molecule has 3 aromatic carbocycles. The lowest BCUT2D eigenvalue weighted by Gasteiger charge is -2.24. The van der Waals surface area contributed by atoms with Crippen molar-refractivity contribution in [1.29, 1.82) is 0 Å². The first-order chi connectivity index (χ1) is 20.9. The monoisotopic (exact) mass is 616 g/mol. The van der Waals surface area contributed by atoms with Crippen molar-refractivity contribution in [3.05, 3.63) is 94.5 Å². The predicted molar refractivity (Wildman–Crippen MR) is 170 cm³/mol. The number of hydrogen-bond acceptors (Lipinski definition) is 6. The van der Waals surface area contributed by atoms with Crippen LogP contribution in [-0.2, 0) is 14.3 Å². The number of anilines is 1. The van der Waals surface area contributed by atoms with E-state index in [1.165, 1.54) is 0 Å². The van der Waals surface area contributed by atoms with Crippen molar-refractivity contribution in [1.82, 2.24) is 15.1 Å².